The molecule has 10 heteroatoms. The van der Waals surface area contributed by atoms with Gasteiger partial charge in [0, 0.05) is 17.1 Å². The fourth-order valence-corrected chi connectivity index (χ4v) is 2.83. The van der Waals surface area contributed by atoms with Crippen molar-refractivity contribution in [3.63, 3.8) is 0 Å². The van der Waals surface area contributed by atoms with E-state index in [1.807, 2.05) is 12.1 Å². The first-order valence-electron chi connectivity index (χ1n) is 9.45. The SMILES string of the molecule is CCOC(=O)c1nnc(C(Cc2ccc(OC)cc2)NC(=O)Nc2ccc(Cl)cc2)o1. The van der Waals surface area contributed by atoms with Crippen molar-refractivity contribution in [2.75, 3.05) is 19.0 Å². The molecule has 0 saturated heterocycles. The van der Waals surface area contributed by atoms with Crippen molar-refractivity contribution < 1.29 is 23.5 Å². The lowest BCUT2D eigenvalue weighted by molar-refractivity contribution is 0.0478. The number of rotatable bonds is 8. The molecular formula is C21H21ClN4O5. The van der Waals surface area contributed by atoms with Crippen LogP contribution in [0.4, 0.5) is 10.5 Å². The first-order chi connectivity index (χ1) is 15.0. The Morgan fingerprint density at radius 1 is 1.10 bits per heavy atom. The second kappa shape index (κ2) is 10.4. The molecule has 3 rings (SSSR count). The molecule has 1 unspecified atom stereocenters. The van der Waals surface area contributed by atoms with Crippen LogP contribution >= 0.6 is 11.6 Å². The van der Waals surface area contributed by atoms with Crippen LogP contribution in [0.2, 0.25) is 5.02 Å². The van der Waals surface area contributed by atoms with Gasteiger partial charge in [-0.2, -0.15) is 0 Å². The molecule has 0 fully saturated rings. The number of methoxy groups -OCH3 is 1. The summed E-state index contributed by atoms with van der Waals surface area (Å²) in [6, 6.07) is 12.8. The lowest BCUT2D eigenvalue weighted by atomic mass is 10.1. The number of benzene rings is 2. The highest BCUT2D eigenvalue weighted by atomic mass is 35.5. The van der Waals surface area contributed by atoms with E-state index in [2.05, 4.69) is 20.8 Å². The molecule has 2 aromatic carbocycles. The van der Waals surface area contributed by atoms with E-state index in [1.54, 1.807) is 50.4 Å². The number of nitrogens with one attached hydrogen (secondary N) is 2. The largest absolute Gasteiger partial charge is 0.497 e. The van der Waals surface area contributed by atoms with Crippen LogP contribution in [0.3, 0.4) is 0 Å². The molecule has 0 saturated carbocycles. The summed E-state index contributed by atoms with van der Waals surface area (Å²) in [6.07, 6.45) is 0.336. The smallest absolute Gasteiger partial charge is 0.396 e. The second-order valence-electron chi connectivity index (χ2n) is 6.38. The molecule has 31 heavy (non-hydrogen) atoms. The zero-order chi connectivity index (χ0) is 22.2. The molecule has 0 spiro atoms. The van der Waals surface area contributed by atoms with Crippen LogP contribution in [-0.4, -0.2) is 35.9 Å². The van der Waals surface area contributed by atoms with Crippen molar-refractivity contribution in [3.05, 3.63) is 70.9 Å². The van der Waals surface area contributed by atoms with Crippen molar-refractivity contribution in [2.24, 2.45) is 0 Å². The van der Waals surface area contributed by atoms with E-state index in [0.29, 0.717) is 22.9 Å². The molecular weight excluding hydrogens is 424 g/mol. The topological polar surface area (TPSA) is 116 Å². The Morgan fingerprint density at radius 2 is 1.81 bits per heavy atom. The minimum Gasteiger partial charge on any atom is -0.497 e. The van der Waals surface area contributed by atoms with E-state index in [4.69, 9.17) is 25.5 Å². The minimum atomic E-state index is -0.727. The standard InChI is InChI=1S/C21H21ClN4O5/c1-3-30-20(27)19-26-25-18(31-19)17(12-13-4-10-16(29-2)11-5-13)24-21(28)23-15-8-6-14(22)7-9-15/h4-11,17H,3,12H2,1-2H3,(H2,23,24,28). The van der Waals surface area contributed by atoms with Crippen LogP contribution < -0.4 is 15.4 Å². The molecule has 1 heterocycles. The summed E-state index contributed by atoms with van der Waals surface area (Å²) in [7, 11) is 1.58. The van der Waals surface area contributed by atoms with Crippen LogP contribution in [0.1, 0.15) is 35.1 Å². The first kappa shape index (κ1) is 22.1. The number of urea groups is 1. The number of nitrogens with zero attached hydrogens (tertiary/aromatic N) is 2. The number of esters is 1. The van der Waals surface area contributed by atoms with Crippen molar-refractivity contribution >= 4 is 29.3 Å². The molecule has 1 aromatic heterocycles. The highest BCUT2D eigenvalue weighted by molar-refractivity contribution is 6.30. The van der Waals surface area contributed by atoms with Gasteiger partial charge in [-0.3, -0.25) is 0 Å². The van der Waals surface area contributed by atoms with Crippen molar-refractivity contribution in [1.82, 2.24) is 15.5 Å². The number of aromatic nitrogens is 2. The molecule has 0 aliphatic rings. The van der Waals surface area contributed by atoms with Gasteiger partial charge in [0.15, 0.2) is 0 Å². The summed E-state index contributed by atoms with van der Waals surface area (Å²) >= 11 is 5.87. The Balaban J connectivity index is 1.78. The molecule has 3 aromatic rings. The van der Waals surface area contributed by atoms with E-state index in [1.165, 1.54) is 0 Å². The van der Waals surface area contributed by atoms with Crippen molar-refractivity contribution in [3.8, 4) is 5.75 Å². The van der Waals surface area contributed by atoms with Crippen LogP contribution in [0, 0.1) is 0 Å². The maximum atomic E-state index is 12.6. The van der Waals surface area contributed by atoms with Gasteiger partial charge in [-0.15, -0.1) is 10.2 Å². The van der Waals surface area contributed by atoms with Gasteiger partial charge in [-0.25, -0.2) is 9.59 Å². The highest BCUT2D eigenvalue weighted by Gasteiger charge is 2.24. The molecule has 0 aliphatic heterocycles. The van der Waals surface area contributed by atoms with Gasteiger partial charge in [0.1, 0.15) is 11.8 Å². The van der Waals surface area contributed by atoms with E-state index < -0.39 is 18.0 Å². The number of hydrogen-bond donors (Lipinski definition) is 2. The van der Waals surface area contributed by atoms with Crippen molar-refractivity contribution in [2.45, 2.75) is 19.4 Å². The number of carbonyl (C=O) groups is 2. The van der Waals surface area contributed by atoms with E-state index >= 15 is 0 Å². The molecule has 2 N–H and O–H groups in total. The van der Waals surface area contributed by atoms with Crippen molar-refractivity contribution in [1.29, 1.82) is 0 Å². The van der Waals surface area contributed by atoms with Gasteiger partial charge < -0.3 is 24.5 Å². The normalized spacial score (nSPS) is 11.5. The van der Waals surface area contributed by atoms with Crippen LogP contribution in [0.15, 0.2) is 52.9 Å². The molecule has 0 radical (unpaired) electrons. The Labute approximate surface area is 183 Å². The van der Waals surface area contributed by atoms with E-state index in [0.717, 1.165) is 5.56 Å². The zero-order valence-electron chi connectivity index (χ0n) is 16.9. The van der Waals surface area contributed by atoms with Gasteiger partial charge in [0.05, 0.1) is 13.7 Å². The number of carbonyl (C=O) groups excluding carboxylic acids is 2. The Kier molecular flexibility index (Phi) is 7.45. The van der Waals surface area contributed by atoms with Crippen LogP contribution in [-0.2, 0) is 11.2 Å². The summed E-state index contributed by atoms with van der Waals surface area (Å²) in [5, 5.41) is 13.7. The molecule has 2 amide bonds. The van der Waals surface area contributed by atoms with Gasteiger partial charge in [-0.1, -0.05) is 23.7 Å². The van der Waals surface area contributed by atoms with Gasteiger partial charge in [0.25, 0.3) is 0 Å². The summed E-state index contributed by atoms with van der Waals surface area (Å²) < 4.78 is 15.5. The fraction of sp³-hybridized carbons (Fsp3) is 0.238. The maximum absolute atomic E-state index is 12.6. The second-order valence-corrected chi connectivity index (χ2v) is 6.81. The average Bonchev–Trinajstić information content (AvgIpc) is 3.26. The molecule has 1 atom stereocenters. The number of halogens is 1. The lowest BCUT2D eigenvalue weighted by Gasteiger charge is -2.16. The maximum Gasteiger partial charge on any atom is 0.396 e. The van der Waals surface area contributed by atoms with Crippen LogP contribution in [0.25, 0.3) is 0 Å². The van der Waals surface area contributed by atoms with E-state index in [-0.39, 0.29) is 18.4 Å². The monoisotopic (exact) mass is 444 g/mol. The first-order valence-corrected chi connectivity index (χ1v) is 9.82. The molecule has 162 valence electrons. The number of anilines is 1. The summed E-state index contributed by atoms with van der Waals surface area (Å²) in [5.41, 5.74) is 1.44. The predicted octanol–water partition coefficient (Wildman–Crippen LogP) is 4.01. The van der Waals surface area contributed by atoms with Gasteiger partial charge >= 0.3 is 17.9 Å². The quantitative estimate of drug-likeness (QED) is 0.504. The molecule has 0 aliphatic carbocycles. The zero-order valence-corrected chi connectivity index (χ0v) is 17.7. The summed E-state index contributed by atoms with van der Waals surface area (Å²) in [6.45, 7) is 1.85. The molecule has 9 nitrogen and oxygen atoms in total. The molecule has 0 bridgehead atoms. The average molecular weight is 445 g/mol. The number of ether oxygens (including phenoxy) is 2. The third-order valence-electron chi connectivity index (χ3n) is 4.20. The Hall–Kier alpha value is -3.59. The minimum absolute atomic E-state index is 0.0742. The number of hydrogen-bond acceptors (Lipinski definition) is 7. The van der Waals surface area contributed by atoms with E-state index in [9.17, 15) is 9.59 Å². The lowest BCUT2D eigenvalue weighted by Crippen LogP contribution is -2.34. The summed E-state index contributed by atoms with van der Waals surface area (Å²) in [4.78, 5) is 24.4. The summed E-state index contributed by atoms with van der Waals surface area (Å²) in [5.74, 6) is -0.229. The third kappa shape index (κ3) is 6.19. The highest BCUT2D eigenvalue weighted by Crippen LogP contribution is 2.21. The Bertz CT molecular complexity index is 1020. The fourth-order valence-electron chi connectivity index (χ4n) is 2.71. The predicted molar refractivity (Wildman–Crippen MR) is 113 cm³/mol. The Morgan fingerprint density at radius 3 is 2.45 bits per heavy atom. The number of amides is 2. The third-order valence-corrected chi connectivity index (χ3v) is 4.45. The van der Waals surface area contributed by atoms with Gasteiger partial charge in [0.2, 0.25) is 5.89 Å². The van der Waals surface area contributed by atoms with Gasteiger partial charge in [-0.05, 0) is 48.9 Å². The van der Waals surface area contributed by atoms with Crippen LogP contribution in [0.5, 0.6) is 5.75 Å².